The summed E-state index contributed by atoms with van der Waals surface area (Å²) in [5.41, 5.74) is 6.79. The van der Waals surface area contributed by atoms with Crippen LogP contribution in [-0.2, 0) is 14.7 Å². The molecule has 1 aromatic carbocycles. The van der Waals surface area contributed by atoms with Crippen LogP contribution in [0.4, 0.5) is 11.4 Å². The fourth-order valence-corrected chi connectivity index (χ4v) is 2.69. The second-order valence-corrected chi connectivity index (χ2v) is 6.09. The molecule has 0 bridgehead atoms. The van der Waals surface area contributed by atoms with Crippen LogP contribution < -0.4 is 10.8 Å². The lowest BCUT2D eigenvalue weighted by molar-refractivity contribution is 0.0780. The number of rotatable bonds is 2. The van der Waals surface area contributed by atoms with Gasteiger partial charge < -0.3 is 5.73 Å². The fourth-order valence-electron chi connectivity index (χ4n) is 1.86. The van der Waals surface area contributed by atoms with Gasteiger partial charge in [0.25, 0.3) is 0 Å². The van der Waals surface area contributed by atoms with E-state index >= 15 is 0 Å². The zero-order valence-electron chi connectivity index (χ0n) is 9.72. The molecule has 0 radical (unpaired) electrons. The molecule has 1 heterocycles. The third-order valence-corrected chi connectivity index (χ3v) is 3.87. The van der Waals surface area contributed by atoms with Gasteiger partial charge in [0.1, 0.15) is 0 Å². The van der Waals surface area contributed by atoms with Crippen molar-refractivity contribution in [2.45, 2.75) is 17.7 Å². The van der Waals surface area contributed by atoms with Gasteiger partial charge in [-0.25, -0.2) is 8.42 Å². The van der Waals surface area contributed by atoms with Crippen LogP contribution in [0, 0.1) is 0 Å². The summed E-state index contributed by atoms with van der Waals surface area (Å²) in [6.07, 6.45) is 3.18. The molecule has 2 rings (SSSR count). The molecule has 1 saturated heterocycles. The first-order valence-electron chi connectivity index (χ1n) is 5.49. The minimum Gasteiger partial charge on any atom is -0.396 e. The number of nitrogens with zero attached hydrogens (tertiary/aromatic N) is 1. The van der Waals surface area contributed by atoms with Crippen molar-refractivity contribution >= 4 is 21.2 Å². The van der Waals surface area contributed by atoms with Crippen molar-refractivity contribution < 1.29 is 13.3 Å². The lowest BCUT2D eigenvalue weighted by Gasteiger charge is -2.29. The summed E-state index contributed by atoms with van der Waals surface area (Å²) in [6.45, 7) is 1.37. The molecule has 1 aromatic rings. The third-order valence-electron chi connectivity index (χ3n) is 2.71. The van der Waals surface area contributed by atoms with Gasteiger partial charge in [0.15, 0.2) is 9.84 Å². The van der Waals surface area contributed by atoms with Crippen molar-refractivity contribution in [3.05, 3.63) is 18.2 Å². The number of para-hydroxylation sites is 1. The topological polar surface area (TPSA) is 72.6 Å². The Morgan fingerprint density at radius 2 is 2.12 bits per heavy atom. The standard InChI is InChI=1S/C11H16N2O3S/c1-17(14,15)10-6-4-5-9(11(10)12)13-7-2-3-8-16-13/h4-6H,2-3,7-8,12H2,1H3. The Morgan fingerprint density at radius 1 is 1.35 bits per heavy atom. The van der Waals surface area contributed by atoms with Crippen molar-refractivity contribution in [3.8, 4) is 0 Å². The normalized spacial score (nSPS) is 17.1. The molecule has 1 fully saturated rings. The first-order valence-corrected chi connectivity index (χ1v) is 7.38. The summed E-state index contributed by atoms with van der Waals surface area (Å²) in [6, 6.07) is 4.97. The number of anilines is 2. The lowest BCUT2D eigenvalue weighted by atomic mass is 10.2. The van der Waals surface area contributed by atoms with Crippen LogP contribution >= 0.6 is 0 Å². The lowest BCUT2D eigenvalue weighted by Crippen LogP contribution is -2.30. The highest BCUT2D eigenvalue weighted by molar-refractivity contribution is 7.90. The summed E-state index contributed by atoms with van der Waals surface area (Å²) < 4.78 is 23.1. The summed E-state index contributed by atoms with van der Waals surface area (Å²) >= 11 is 0. The number of nitrogens with two attached hydrogens (primary N) is 1. The Kier molecular flexibility index (Phi) is 3.26. The molecule has 0 atom stereocenters. The maximum absolute atomic E-state index is 11.5. The average Bonchev–Trinajstić information content (AvgIpc) is 2.29. The van der Waals surface area contributed by atoms with E-state index in [1.165, 1.54) is 6.07 Å². The van der Waals surface area contributed by atoms with Gasteiger partial charge in [0.2, 0.25) is 0 Å². The molecule has 0 spiro atoms. The van der Waals surface area contributed by atoms with E-state index in [0.29, 0.717) is 12.3 Å². The van der Waals surface area contributed by atoms with E-state index < -0.39 is 9.84 Å². The monoisotopic (exact) mass is 256 g/mol. The molecule has 6 heteroatoms. The number of hydrogen-bond acceptors (Lipinski definition) is 5. The molecule has 5 nitrogen and oxygen atoms in total. The van der Waals surface area contributed by atoms with Gasteiger partial charge >= 0.3 is 0 Å². The first-order chi connectivity index (χ1) is 8.00. The molecular formula is C11H16N2O3S. The summed E-state index contributed by atoms with van der Waals surface area (Å²) in [5.74, 6) is 0. The maximum atomic E-state index is 11.5. The van der Waals surface area contributed by atoms with Crippen LogP contribution in [0.15, 0.2) is 23.1 Å². The largest absolute Gasteiger partial charge is 0.396 e. The van der Waals surface area contributed by atoms with Gasteiger partial charge in [-0.2, -0.15) is 0 Å². The van der Waals surface area contributed by atoms with Gasteiger partial charge in [-0.15, -0.1) is 0 Å². The molecule has 0 amide bonds. The summed E-state index contributed by atoms with van der Waals surface area (Å²) in [5, 5.41) is 1.67. The van der Waals surface area contributed by atoms with E-state index in [1.54, 1.807) is 17.2 Å². The summed E-state index contributed by atoms with van der Waals surface area (Å²) in [4.78, 5) is 5.63. The number of benzene rings is 1. The van der Waals surface area contributed by atoms with E-state index in [2.05, 4.69) is 0 Å². The van der Waals surface area contributed by atoms with Crippen LogP contribution in [0.3, 0.4) is 0 Å². The second kappa shape index (κ2) is 4.54. The van der Waals surface area contributed by atoms with Crippen LogP contribution in [-0.4, -0.2) is 27.8 Å². The molecule has 17 heavy (non-hydrogen) atoms. The van der Waals surface area contributed by atoms with E-state index in [0.717, 1.165) is 25.6 Å². The number of hydrogen-bond donors (Lipinski definition) is 1. The zero-order valence-corrected chi connectivity index (χ0v) is 10.5. The van der Waals surface area contributed by atoms with E-state index in [-0.39, 0.29) is 10.6 Å². The minimum absolute atomic E-state index is 0.157. The quantitative estimate of drug-likeness (QED) is 0.805. The zero-order chi connectivity index (χ0) is 12.5. The predicted molar refractivity (Wildman–Crippen MR) is 66.5 cm³/mol. The van der Waals surface area contributed by atoms with Crippen LogP contribution in [0.25, 0.3) is 0 Å². The molecule has 94 valence electrons. The number of nitrogen functional groups attached to an aromatic ring is 1. The predicted octanol–water partition coefficient (Wildman–Crippen LogP) is 1.20. The van der Waals surface area contributed by atoms with Crippen LogP contribution in [0.1, 0.15) is 12.8 Å². The Bertz CT molecular complexity index is 507. The fraction of sp³-hybridized carbons (Fsp3) is 0.455. The molecule has 2 N–H and O–H groups in total. The minimum atomic E-state index is -3.30. The van der Waals surface area contributed by atoms with Crippen molar-refractivity contribution in [1.29, 1.82) is 0 Å². The molecule has 1 aliphatic heterocycles. The Hall–Kier alpha value is -1.27. The van der Waals surface area contributed by atoms with E-state index in [1.807, 2.05) is 0 Å². The van der Waals surface area contributed by atoms with Gasteiger partial charge in [0, 0.05) is 12.8 Å². The first kappa shape index (κ1) is 12.2. The van der Waals surface area contributed by atoms with Crippen LogP contribution in [0.5, 0.6) is 0 Å². The Balaban J connectivity index is 2.42. The Labute approximate surface area is 101 Å². The van der Waals surface area contributed by atoms with Gasteiger partial charge in [-0.05, 0) is 25.0 Å². The van der Waals surface area contributed by atoms with Crippen molar-refractivity contribution in [2.24, 2.45) is 0 Å². The third kappa shape index (κ3) is 2.53. The van der Waals surface area contributed by atoms with Gasteiger partial charge in [0.05, 0.1) is 22.9 Å². The SMILES string of the molecule is CS(=O)(=O)c1cccc(N2CCCCO2)c1N. The highest BCUT2D eigenvalue weighted by Crippen LogP contribution is 2.31. The summed E-state index contributed by atoms with van der Waals surface area (Å²) in [7, 11) is -3.30. The highest BCUT2D eigenvalue weighted by Gasteiger charge is 2.19. The Morgan fingerprint density at radius 3 is 2.71 bits per heavy atom. The average molecular weight is 256 g/mol. The van der Waals surface area contributed by atoms with Gasteiger partial charge in [-0.3, -0.25) is 9.90 Å². The van der Waals surface area contributed by atoms with E-state index in [9.17, 15) is 8.42 Å². The smallest absolute Gasteiger partial charge is 0.177 e. The molecule has 0 aliphatic carbocycles. The highest BCUT2D eigenvalue weighted by atomic mass is 32.2. The van der Waals surface area contributed by atoms with Crippen molar-refractivity contribution in [3.63, 3.8) is 0 Å². The molecule has 0 aromatic heterocycles. The van der Waals surface area contributed by atoms with E-state index in [4.69, 9.17) is 10.6 Å². The van der Waals surface area contributed by atoms with Gasteiger partial charge in [-0.1, -0.05) is 6.07 Å². The molecule has 0 unspecified atom stereocenters. The van der Waals surface area contributed by atoms with Crippen molar-refractivity contribution in [2.75, 3.05) is 30.2 Å². The molecule has 1 aliphatic rings. The number of hydroxylamine groups is 1. The van der Waals surface area contributed by atoms with Crippen LogP contribution in [0.2, 0.25) is 0 Å². The maximum Gasteiger partial charge on any atom is 0.177 e. The molecule has 0 saturated carbocycles. The van der Waals surface area contributed by atoms with Crippen molar-refractivity contribution in [1.82, 2.24) is 0 Å². The molecular weight excluding hydrogens is 240 g/mol. The second-order valence-electron chi connectivity index (χ2n) is 4.10. The number of sulfone groups is 1.